The quantitative estimate of drug-likeness (QED) is 0.734. The first kappa shape index (κ1) is 14.6. The Labute approximate surface area is 137 Å². The Hall–Kier alpha value is -2.30. The average molecular weight is 332 g/mol. The summed E-state index contributed by atoms with van der Waals surface area (Å²) in [5, 5.41) is 10.6. The predicted molar refractivity (Wildman–Crippen MR) is 88.4 cm³/mol. The molecule has 4 nitrogen and oxygen atoms in total. The minimum atomic E-state index is -0.259. The number of benzene rings is 2. The summed E-state index contributed by atoms with van der Waals surface area (Å²) in [5.74, 6) is -0.259. The smallest absolute Gasteiger partial charge is 0.273 e. The van der Waals surface area contributed by atoms with Gasteiger partial charge in [-0.2, -0.15) is 5.10 Å². The second-order valence-corrected chi connectivity index (χ2v) is 5.43. The van der Waals surface area contributed by atoms with Crippen LogP contribution in [0.3, 0.4) is 0 Å². The summed E-state index contributed by atoms with van der Waals surface area (Å²) in [6.45, 7) is 0. The van der Waals surface area contributed by atoms with Gasteiger partial charge in [0.1, 0.15) is 5.69 Å². The molecule has 0 aliphatic heterocycles. The molecule has 0 atom stereocenters. The van der Waals surface area contributed by atoms with Crippen LogP contribution in [0.2, 0.25) is 10.0 Å². The topological polar surface area (TPSA) is 57.8 Å². The number of nitrogens with zero attached hydrogens (tertiary/aromatic N) is 1. The Bertz CT molecular complexity index is 815. The lowest BCUT2D eigenvalue weighted by atomic mass is 10.1. The standard InChI is InChI=1S/C16H11Cl2N3O/c17-12-7-6-10(8-13(12)18)14-9-15(21-20-14)16(22)19-11-4-2-1-3-5-11/h1-9H,(H,19,22)(H,20,21). The highest BCUT2D eigenvalue weighted by Crippen LogP contribution is 2.27. The number of nitrogens with one attached hydrogen (secondary N) is 2. The van der Waals surface area contributed by atoms with E-state index in [0.29, 0.717) is 21.4 Å². The number of carbonyl (C=O) groups is 1. The van der Waals surface area contributed by atoms with Crippen molar-refractivity contribution in [3.63, 3.8) is 0 Å². The number of carbonyl (C=O) groups excluding carboxylic acids is 1. The van der Waals surface area contributed by atoms with Crippen molar-refractivity contribution in [1.29, 1.82) is 0 Å². The molecule has 0 fully saturated rings. The molecule has 2 aromatic carbocycles. The predicted octanol–water partition coefficient (Wildman–Crippen LogP) is 4.64. The zero-order valence-corrected chi connectivity index (χ0v) is 12.8. The summed E-state index contributed by atoms with van der Waals surface area (Å²) in [7, 11) is 0. The van der Waals surface area contributed by atoms with Crippen molar-refractivity contribution in [2.75, 3.05) is 5.32 Å². The maximum Gasteiger partial charge on any atom is 0.273 e. The van der Waals surface area contributed by atoms with Gasteiger partial charge in [0.15, 0.2) is 0 Å². The first-order chi connectivity index (χ1) is 10.6. The van der Waals surface area contributed by atoms with Gasteiger partial charge in [-0.05, 0) is 30.3 Å². The Balaban J connectivity index is 1.81. The highest BCUT2D eigenvalue weighted by Gasteiger charge is 2.12. The van der Waals surface area contributed by atoms with Gasteiger partial charge in [0, 0.05) is 11.3 Å². The van der Waals surface area contributed by atoms with Crippen LogP contribution < -0.4 is 5.32 Å². The molecule has 0 aliphatic carbocycles. The molecule has 0 saturated heterocycles. The largest absolute Gasteiger partial charge is 0.321 e. The number of amides is 1. The number of H-pyrrole nitrogens is 1. The van der Waals surface area contributed by atoms with E-state index in [2.05, 4.69) is 15.5 Å². The van der Waals surface area contributed by atoms with Crippen LogP contribution in [0, 0.1) is 0 Å². The van der Waals surface area contributed by atoms with Crippen LogP contribution in [0.15, 0.2) is 54.6 Å². The molecule has 0 saturated carbocycles. The van der Waals surface area contributed by atoms with Crippen LogP contribution in [0.4, 0.5) is 5.69 Å². The summed E-state index contributed by atoms with van der Waals surface area (Å²) in [6.07, 6.45) is 0. The number of rotatable bonds is 3. The molecular formula is C16H11Cl2N3O. The van der Waals surface area contributed by atoms with Crippen LogP contribution in [0.25, 0.3) is 11.3 Å². The van der Waals surface area contributed by atoms with Gasteiger partial charge in [0.05, 0.1) is 15.7 Å². The van der Waals surface area contributed by atoms with Crippen LogP contribution in [0.1, 0.15) is 10.5 Å². The average Bonchev–Trinajstić information content (AvgIpc) is 3.01. The number of hydrogen-bond donors (Lipinski definition) is 2. The lowest BCUT2D eigenvalue weighted by Gasteiger charge is -2.02. The number of aromatic amines is 1. The maximum absolute atomic E-state index is 12.2. The molecular weight excluding hydrogens is 321 g/mol. The summed E-state index contributed by atoms with van der Waals surface area (Å²) in [5.41, 5.74) is 2.49. The third kappa shape index (κ3) is 3.13. The third-order valence-electron chi connectivity index (χ3n) is 3.07. The molecule has 110 valence electrons. The molecule has 3 rings (SSSR count). The van der Waals surface area contributed by atoms with Crippen molar-refractivity contribution in [3.8, 4) is 11.3 Å². The fourth-order valence-electron chi connectivity index (χ4n) is 1.96. The number of halogens is 2. The molecule has 22 heavy (non-hydrogen) atoms. The van der Waals surface area contributed by atoms with Crippen LogP contribution in [-0.2, 0) is 0 Å². The summed E-state index contributed by atoms with van der Waals surface area (Å²) in [6, 6.07) is 16.1. The van der Waals surface area contributed by atoms with Crippen molar-refractivity contribution in [3.05, 3.63) is 70.3 Å². The molecule has 1 aromatic heterocycles. The van der Waals surface area contributed by atoms with Crippen LogP contribution in [0.5, 0.6) is 0 Å². The van der Waals surface area contributed by atoms with Gasteiger partial charge in [0.2, 0.25) is 0 Å². The highest BCUT2D eigenvalue weighted by molar-refractivity contribution is 6.42. The molecule has 0 spiro atoms. The van der Waals surface area contributed by atoms with Crippen molar-refractivity contribution >= 4 is 34.8 Å². The Kier molecular flexibility index (Phi) is 4.13. The molecule has 1 heterocycles. The van der Waals surface area contributed by atoms with Gasteiger partial charge in [-0.1, -0.05) is 47.5 Å². The van der Waals surface area contributed by atoms with Gasteiger partial charge in [-0.3, -0.25) is 9.89 Å². The van der Waals surface area contributed by atoms with Crippen LogP contribution >= 0.6 is 23.2 Å². The van der Waals surface area contributed by atoms with E-state index in [4.69, 9.17) is 23.2 Å². The van der Waals surface area contributed by atoms with Gasteiger partial charge in [0.25, 0.3) is 5.91 Å². The monoisotopic (exact) mass is 331 g/mol. The normalized spacial score (nSPS) is 10.5. The molecule has 1 amide bonds. The Morgan fingerprint density at radius 2 is 1.77 bits per heavy atom. The third-order valence-corrected chi connectivity index (χ3v) is 3.81. The van der Waals surface area contributed by atoms with E-state index in [-0.39, 0.29) is 5.91 Å². The molecule has 0 aliphatic rings. The molecule has 0 bridgehead atoms. The van der Waals surface area contributed by atoms with Crippen LogP contribution in [-0.4, -0.2) is 16.1 Å². The first-order valence-corrected chi connectivity index (χ1v) is 7.26. The van der Waals surface area contributed by atoms with E-state index < -0.39 is 0 Å². The SMILES string of the molecule is O=C(Nc1ccccc1)c1cc(-c2ccc(Cl)c(Cl)c2)n[nH]1. The van der Waals surface area contributed by atoms with E-state index in [9.17, 15) is 4.79 Å². The van der Waals surface area contributed by atoms with E-state index in [1.54, 1.807) is 24.3 Å². The fraction of sp³-hybridized carbons (Fsp3) is 0. The van der Waals surface area contributed by atoms with Gasteiger partial charge >= 0.3 is 0 Å². The summed E-state index contributed by atoms with van der Waals surface area (Å²) >= 11 is 11.9. The van der Waals surface area contributed by atoms with Gasteiger partial charge in [-0.15, -0.1) is 0 Å². The number of aromatic nitrogens is 2. The summed E-state index contributed by atoms with van der Waals surface area (Å²) < 4.78 is 0. The second kappa shape index (κ2) is 6.22. The van der Waals surface area contributed by atoms with E-state index >= 15 is 0 Å². The number of hydrogen-bond acceptors (Lipinski definition) is 2. The fourth-order valence-corrected chi connectivity index (χ4v) is 2.26. The number of anilines is 1. The molecule has 6 heteroatoms. The van der Waals surface area contributed by atoms with E-state index in [1.807, 2.05) is 30.3 Å². The van der Waals surface area contributed by atoms with Crippen molar-refractivity contribution in [1.82, 2.24) is 10.2 Å². The molecule has 2 N–H and O–H groups in total. The molecule has 0 radical (unpaired) electrons. The maximum atomic E-state index is 12.2. The van der Waals surface area contributed by atoms with E-state index in [0.717, 1.165) is 11.3 Å². The lowest BCUT2D eigenvalue weighted by molar-refractivity contribution is 0.102. The highest BCUT2D eigenvalue weighted by atomic mass is 35.5. The zero-order valence-electron chi connectivity index (χ0n) is 11.3. The van der Waals surface area contributed by atoms with Crippen molar-refractivity contribution < 1.29 is 4.79 Å². The zero-order chi connectivity index (χ0) is 15.5. The van der Waals surface area contributed by atoms with Crippen molar-refractivity contribution in [2.45, 2.75) is 0 Å². The van der Waals surface area contributed by atoms with E-state index in [1.165, 1.54) is 0 Å². The molecule has 0 unspecified atom stereocenters. The molecule has 3 aromatic rings. The summed E-state index contributed by atoms with van der Waals surface area (Å²) in [4.78, 5) is 12.2. The Morgan fingerprint density at radius 1 is 1.00 bits per heavy atom. The van der Waals surface area contributed by atoms with Crippen molar-refractivity contribution in [2.24, 2.45) is 0 Å². The minimum Gasteiger partial charge on any atom is -0.321 e. The Morgan fingerprint density at radius 3 is 2.50 bits per heavy atom. The van der Waals surface area contributed by atoms with Gasteiger partial charge in [-0.25, -0.2) is 0 Å². The minimum absolute atomic E-state index is 0.259. The van der Waals surface area contributed by atoms with Gasteiger partial charge < -0.3 is 5.32 Å². The lowest BCUT2D eigenvalue weighted by Crippen LogP contribution is -2.12. The second-order valence-electron chi connectivity index (χ2n) is 4.62. The number of para-hydroxylation sites is 1. The first-order valence-electron chi connectivity index (χ1n) is 6.51.